The summed E-state index contributed by atoms with van der Waals surface area (Å²) in [5.74, 6) is -1.48. The molecule has 7 heteroatoms. The van der Waals surface area contributed by atoms with E-state index in [0.717, 1.165) is 4.88 Å². The van der Waals surface area contributed by atoms with Gasteiger partial charge in [0.2, 0.25) is 0 Å². The van der Waals surface area contributed by atoms with Crippen molar-refractivity contribution in [2.24, 2.45) is 0 Å². The van der Waals surface area contributed by atoms with Gasteiger partial charge in [0, 0.05) is 9.90 Å². The molecule has 1 aromatic heterocycles. The first-order valence-electron chi connectivity index (χ1n) is 6.46. The van der Waals surface area contributed by atoms with Gasteiger partial charge in [-0.1, -0.05) is 17.7 Å². The van der Waals surface area contributed by atoms with Gasteiger partial charge in [0.05, 0.1) is 6.04 Å². The average Bonchev–Trinajstić information content (AvgIpc) is 3.01. The van der Waals surface area contributed by atoms with Crippen LogP contribution in [0, 0.1) is 0 Å². The van der Waals surface area contributed by atoms with E-state index in [-0.39, 0.29) is 17.4 Å². The van der Waals surface area contributed by atoms with Crippen molar-refractivity contribution in [3.8, 4) is 5.75 Å². The zero-order chi connectivity index (χ0) is 16.1. The third-order valence-electron chi connectivity index (χ3n) is 2.86. The van der Waals surface area contributed by atoms with Crippen molar-refractivity contribution < 1.29 is 19.4 Å². The summed E-state index contributed by atoms with van der Waals surface area (Å²) >= 11 is 7.28. The van der Waals surface area contributed by atoms with Crippen LogP contribution in [0.2, 0.25) is 5.02 Å². The lowest BCUT2D eigenvalue weighted by molar-refractivity contribution is -0.124. The summed E-state index contributed by atoms with van der Waals surface area (Å²) in [5.41, 5.74) is -0.0772. The van der Waals surface area contributed by atoms with Crippen LogP contribution in [0.5, 0.6) is 5.75 Å². The Labute approximate surface area is 136 Å². The highest BCUT2D eigenvalue weighted by molar-refractivity contribution is 7.10. The number of halogens is 1. The van der Waals surface area contributed by atoms with Crippen molar-refractivity contribution in [3.05, 3.63) is 51.2 Å². The Morgan fingerprint density at radius 2 is 2.18 bits per heavy atom. The molecular weight excluding hydrogens is 326 g/mol. The number of phenols is 1. The van der Waals surface area contributed by atoms with Gasteiger partial charge in [0.1, 0.15) is 11.3 Å². The normalized spacial score (nSPS) is 11.7. The van der Waals surface area contributed by atoms with Crippen LogP contribution in [-0.2, 0) is 9.53 Å². The van der Waals surface area contributed by atoms with E-state index in [2.05, 4.69) is 5.32 Å². The molecule has 0 aliphatic rings. The Morgan fingerprint density at radius 1 is 1.41 bits per heavy atom. The second kappa shape index (κ2) is 7.29. The average molecular weight is 340 g/mol. The summed E-state index contributed by atoms with van der Waals surface area (Å²) in [4.78, 5) is 24.6. The third kappa shape index (κ3) is 4.22. The molecule has 0 bridgehead atoms. The second-order valence-electron chi connectivity index (χ2n) is 4.54. The molecule has 0 fully saturated rings. The lowest BCUT2D eigenvalue weighted by Gasteiger charge is -2.12. The minimum atomic E-state index is -0.807. The number of hydrogen-bond acceptors (Lipinski definition) is 5. The maximum Gasteiger partial charge on any atom is 0.342 e. The molecule has 0 spiro atoms. The quantitative estimate of drug-likeness (QED) is 0.820. The Morgan fingerprint density at radius 3 is 2.86 bits per heavy atom. The summed E-state index contributed by atoms with van der Waals surface area (Å²) in [6.07, 6.45) is 0. The molecule has 2 aromatic rings. The Balaban J connectivity index is 1.88. The number of esters is 1. The number of rotatable bonds is 5. The van der Waals surface area contributed by atoms with E-state index in [1.165, 1.54) is 29.5 Å². The fourth-order valence-corrected chi connectivity index (χ4v) is 2.68. The first-order valence-corrected chi connectivity index (χ1v) is 7.71. The molecule has 0 unspecified atom stereocenters. The summed E-state index contributed by atoms with van der Waals surface area (Å²) < 4.78 is 4.88. The fraction of sp³-hybridized carbons (Fsp3) is 0.200. The number of aromatic hydroxyl groups is 1. The van der Waals surface area contributed by atoms with Gasteiger partial charge in [-0.15, -0.1) is 11.3 Å². The first kappa shape index (κ1) is 16.3. The van der Waals surface area contributed by atoms with Crippen LogP contribution < -0.4 is 5.32 Å². The second-order valence-corrected chi connectivity index (χ2v) is 5.96. The predicted molar refractivity (Wildman–Crippen MR) is 84.3 cm³/mol. The van der Waals surface area contributed by atoms with Crippen LogP contribution in [0.1, 0.15) is 28.2 Å². The standard InChI is InChI=1S/C15H14ClNO4S/c1-9(13-3-2-6-22-13)17-14(19)8-21-15(20)11-7-10(16)4-5-12(11)18/h2-7,9,18H,8H2,1H3,(H,17,19)/t9-/m1/s1. The highest BCUT2D eigenvalue weighted by Gasteiger charge is 2.16. The van der Waals surface area contributed by atoms with Crippen molar-refractivity contribution in [2.75, 3.05) is 6.61 Å². The molecule has 1 amide bonds. The van der Waals surface area contributed by atoms with Gasteiger partial charge >= 0.3 is 5.97 Å². The lowest BCUT2D eigenvalue weighted by atomic mass is 10.2. The number of phenolic OH excluding ortho intramolecular Hbond substituents is 1. The first-order chi connectivity index (χ1) is 10.5. The van der Waals surface area contributed by atoms with Crippen molar-refractivity contribution >= 4 is 34.8 Å². The van der Waals surface area contributed by atoms with Gasteiger partial charge in [-0.3, -0.25) is 4.79 Å². The molecule has 116 valence electrons. The van der Waals surface area contributed by atoms with Gasteiger partial charge in [0.15, 0.2) is 6.61 Å². The predicted octanol–water partition coefficient (Wildman–Crippen LogP) is 3.14. The van der Waals surface area contributed by atoms with Gasteiger partial charge < -0.3 is 15.2 Å². The summed E-state index contributed by atoms with van der Waals surface area (Å²) in [6, 6.07) is 7.66. The number of ether oxygens (including phenoxy) is 1. The van der Waals surface area contributed by atoms with Gasteiger partial charge in [-0.25, -0.2) is 4.79 Å². The van der Waals surface area contributed by atoms with Crippen LogP contribution in [0.4, 0.5) is 0 Å². The molecule has 1 aromatic carbocycles. The van der Waals surface area contributed by atoms with Crippen LogP contribution in [-0.4, -0.2) is 23.6 Å². The highest BCUT2D eigenvalue weighted by atomic mass is 35.5. The molecule has 0 radical (unpaired) electrons. The number of benzene rings is 1. The summed E-state index contributed by atoms with van der Waals surface area (Å²) in [7, 11) is 0. The molecule has 0 aliphatic heterocycles. The maximum absolute atomic E-state index is 11.8. The molecule has 0 saturated heterocycles. The monoisotopic (exact) mass is 339 g/mol. The van der Waals surface area contributed by atoms with Gasteiger partial charge in [-0.2, -0.15) is 0 Å². The van der Waals surface area contributed by atoms with Crippen molar-refractivity contribution in [1.29, 1.82) is 0 Å². The van der Waals surface area contributed by atoms with Crippen LogP contribution in [0.15, 0.2) is 35.7 Å². The zero-order valence-corrected chi connectivity index (χ0v) is 13.3. The van der Waals surface area contributed by atoms with Crippen LogP contribution in [0.3, 0.4) is 0 Å². The van der Waals surface area contributed by atoms with Crippen molar-refractivity contribution in [3.63, 3.8) is 0 Å². The molecule has 22 heavy (non-hydrogen) atoms. The van der Waals surface area contributed by atoms with E-state index in [1.54, 1.807) is 0 Å². The highest BCUT2D eigenvalue weighted by Crippen LogP contribution is 2.22. The van der Waals surface area contributed by atoms with E-state index in [9.17, 15) is 14.7 Å². The number of amides is 1. The fourth-order valence-electron chi connectivity index (χ4n) is 1.77. The number of nitrogens with one attached hydrogen (secondary N) is 1. The van der Waals surface area contributed by atoms with Gasteiger partial charge in [0.25, 0.3) is 5.91 Å². The molecule has 1 atom stereocenters. The molecule has 2 rings (SSSR count). The number of carbonyl (C=O) groups is 2. The summed E-state index contributed by atoms with van der Waals surface area (Å²) in [6.45, 7) is 1.41. The molecule has 1 heterocycles. The van der Waals surface area contributed by atoms with E-state index in [4.69, 9.17) is 16.3 Å². The van der Waals surface area contributed by atoms with Crippen LogP contribution in [0.25, 0.3) is 0 Å². The van der Waals surface area contributed by atoms with Gasteiger partial charge in [-0.05, 0) is 36.6 Å². The summed E-state index contributed by atoms with van der Waals surface area (Å²) in [5, 5.41) is 14.5. The molecule has 5 nitrogen and oxygen atoms in total. The lowest BCUT2D eigenvalue weighted by Crippen LogP contribution is -2.30. The maximum atomic E-state index is 11.8. The van der Waals surface area contributed by atoms with E-state index in [1.807, 2.05) is 24.4 Å². The van der Waals surface area contributed by atoms with Crippen LogP contribution >= 0.6 is 22.9 Å². The van der Waals surface area contributed by atoms with E-state index >= 15 is 0 Å². The van der Waals surface area contributed by atoms with E-state index < -0.39 is 18.5 Å². The number of hydrogen-bond donors (Lipinski definition) is 2. The van der Waals surface area contributed by atoms with Crippen molar-refractivity contribution in [1.82, 2.24) is 5.32 Å². The third-order valence-corrected chi connectivity index (χ3v) is 4.15. The zero-order valence-electron chi connectivity index (χ0n) is 11.7. The number of carbonyl (C=O) groups excluding carboxylic acids is 2. The molecule has 0 saturated carbocycles. The largest absolute Gasteiger partial charge is 0.507 e. The molecule has 2 N–H and O–H groups in total. The minimum Gasteiger partial charge on any atom is -0.507 e. The smallest absolute Gasteiger partial charge is 0.342 e. The van der Waals surface area contributed by atoms with E-state index in [0.29, 0.717) is 5.02 Å². The SMILES string of the molecule is C[C@@H](NC(=O)COC(=O)c1cc(Cl)ccc1O)c1cccs1. The Hall–Kier alpha value is -2.05. The molecule has 0 aliphatic carbocycles. The topological polar surface area (TPSA) is 75.6 Å². The molecular formula is C15H14ClNO4S. The van der Waals surface area contributed by atoms with Crippen molar-refractivity contribution in [2.45, 2.75) is 13.0 Å². The number of thiophene rings is 1. The Kier molecular flexibility index (Phi) is 5.41. The Bertz CT molecular complexity index is 672. The minimum absolute atomic E-state index is 0.0772.